The van der Waals surface area contributed by atoms with Gasteiger partial charge in [0.2, 0.25) is 0 Å². The van der Waals surface area contributed by atoms with Crippen molar-refractivity contribution in [2.45, 2.75) is 6.92 Å². The van der Waals surface area contributed by atoms with Gasteiger partial charge in [-0.15, -0.1) is 0 Å². The SMILES string of the molecule is C=S1CC(C)C1. The first-order chi connectivity index (χ1) is 2.79. The predicted molar refractivity (Wildman–Crippen MR) is 33.6 cm³/mol. The van der Waals surface area contributed by atoms with Crippen LogP contribution < -0.4 is 0 Å². The Labute approximate surface area is 41.5 Å². The van der Waals surface area contributed by atoms with Crippen molar-refractivity contribution in [1.82, 2.24) is 0 Å². The lowest BCUT2D eigenvalue weighted by Crippen LogP contribution is -2.15. The lowest BCUT2D eigenvalue weighted by atomic mass is 10.2. The van der Waals surface area contributed by atoms with Crippen LogP contribution in [0.5, 0.6) is 0 Å². The molecule has 1 rings (SSSR count). The quantitative estimate of drug-likeness (QED) is 0.405. The van der Waals surface area contributed by atoms with Gasteiger partial charge < -0.3 is 0 Å². The van der Waals surface area contributed by atoms with Gasteiger partial charge in [-0.05, 0) is 17.4 Å². The van der Waals surface area contributed by atoms with Gasteiger partial charge in [-0.3, -0.25) is 0 Å². The minimum Gasteiger partial charge on any atom is -0.192 e. The van der Waals surface area contributed by atoms with E-state index in [4.69, 9.17) is 0 Å². The molecule has 0 spiro atoms. The number of rotatable bonds is 0. The molecule has 0 unspecified atom stereocenters. The molecule has 1 heteroatoms. The van der Waals surface area contributed by atoms with Crippen molar-refractivity contribution >= 4 is 16.4 Å². The Morgan fingerprint density at radius 1 is 1.67 bits per heavy atom. The average molecular weight is 102 g/mol. The second kappa shape index (κ2) is 1.38. The molecule has 0 N–H and O–H groups in total. The maximum atomic E-state index is 3.92. The van der Waals surface area contributed by atoms with Crippen molar-refractivity contribution < 1.29 is 0 Å². The molecule has 1 aliphatic rings. The lowest BCUT2D eigenvalue weighted by Gasteiger charge is -2.24. The second-order valence-electron chi connectivity index (χ2n) is 2.05. The van der Waals surface area contributed by atoms with Gasteiger partial charge in [0, 0.05) is 0 Å². The van der Waals surface area contributed by atoms with E-state index in [0.717, 1.165) is 5.92 Å². The molecular formula is C5H10S. The second-order valence-corrected chi connectivity index (χ2v) is 3.94. The van der Waals surface area contributed by atoms with Crippen molar-refractivity contribution in [3.05, 3.63) is 0 Å². The monoisotopic (exact) mass is 102 g/mol. The van der Waals surface area contributed by atoms with Crippen LogP contribution in [-0.2, 0) is 0 Å². The van der Waals surface area contributed by atoms with E-state index in [0.29, 0.717) is 10.5 Å². The van der Waals surface area contributed by atoms with Gasteiger partial charge in [0.1, 0.15) is 0 Å². The van der Waals surface area contributed by atoms with Crippen molar-refractivity contribution in [1.29, 1.82) is 0 Å². The summed E-state index contributed by atoms with van der Waals surface area (Å²) in [5.41, 5.74) is 0. The fraction of sp³-hybridized carbons (Fsp3) is 0.800. The molecule has 0 bridgehead atoms. The first-order valence-corrected chi connectivity index (χ1v) is 3.99. The largest absolute Gasteiger partial charge is 0.192 e. The van der Waals surface area contributed by atoms with Crippen LogP contribution in [0.2, 0.25) is 0 Å². The number of hydrogen-bond acceptors (Lipinski definition) is 0. The van der Waals surface area contributed by atoms with E-state index in [-0.39, 0.29) is 0 Å². The summed E-state index contributed by atoms with van der Waals surface area (Å²) < 4.78 is 0. The molecule has 0 radical (unpaired) electrons. The first kappa shape index (κ1) is 4.38. The Kier molecular flexibility index (Phi) is 1.00. The summed E-state index contributed by atoms with van der Waals surface area (Å²) in [5.74, 6) is 7.69. The predicted octanol–water partition coefficient (Wildman–Crippen LogP) is 1.34. The molecule has 1 heterocycles. The van der Waals surface area contributed by atoms with Crippen LogP contribution in [0.1, 0.15) is 6.92 Å². The molecule has 0 nitrogen and oxygen atoms in total. The maximum absolute atomic E-state index is 3.92. The summed E-state index contributed by atoms with van der Waals surface area (Å²) in [4.78, 5) is 0. The highest BCUT2D eigenvalue weighted by Crippen LogP contribution is 2.29. The van der Waals surface area contributed by atoms with Gasteiger partial charge in [-0.2, -0.15) is 10.5 Å². The number of hydrogen-bond donors (Lipinski definition) is 0. The molecule has 0 aromatic heterocycles. The molecule has 0 aliphatic carbocycles. The van der Waals surface area contributed by atoms with Crippen LogP contribution in [-0.4, -0.2) is 17.4 Å². The van der Waals surface area contributed by atoms with Crippen LogP contribution in [0.4, 0.5) is 0 Å². The zero-order valence-corrected chi connectivity index (χ0v) is 4.92. The van der Waals surface area contributed by atoms with Gasteiger partial charge >= 0.3 is 0 Å². The third kappa shape index (κ3) is 0.648. The van der Waals surface area contributed by atoms with E-state index in [1.807, 2.05) is 0 Å². The smallest absolute Gasteiger partial charge is 0.00891 e. The van der Waals surface area contributed by atoms with E-state index in [1.54, 1.807) is 0 Å². The summed E-state index contributed by atoms with van der Waals surface area (Å²) in [5, 5.41) is 0. The molecule has 0 amide bonds. The third-order valence-electron chi connectivity index (χ3n) is 1.04. The first-order valence-electron chi connectivity index (χ1n) is 2.26. The Morgan fingerprint density at radius 3 is 2.17 bits per heavy atom. The molecule has 0 aromatic rings. The minimum atomic E-state index is 0.578. The molecule has 6 heavy (non-hydrogen) atoms. The summed E-state index contributed by atoms with van der Waals surface area (Å²) in [6, 6.07) is 0. The highest BCUT2D eigenvalue weighted by Gasteiger charge is 2.13. The van der Waals surface area contributed by atoms with Crippen LogP contribution >= 0.6 is 10.5 Å². The van der Waals surface area contributed by atoms with E-state index >= 15 is 0 Å². The van der Waals surface area contributed by atoms with Crippen LogP contribution in [0.25, 0.3) is 0 Å². The normalized spacial score (nSPS) is 44.8. The maximum Gasteiger partial charge on any atom is -0.00891 e. The van der Waals surface area contributed by atoms with Crippen molar-refractivity contribution in [2.75, 3.05) is 11.5 Å². The van der Waals surface area contributed by atoms with Crippen LogP contribution in [0.3, 0.4) is 0 Å². The summed E-state index contributed by atoms with van der Waals surface area (Å²) >= 11 is 0. The Hall–Kier alpha value is 0.220. The minimum absolute atomic E-state index is 0.578. The molecule has 1 fully saturated rings. The fourth-order valence-corrected chi connectivity index (χ4v) is 2.27. The standard InChI is InChI=1S/C5H10S/c1-5-3-6(2)4-5/h5H,2-4H2,1H3. The summed E-state index contributed by atoms with van der Waals surface area (Å²) in [6.45, 7) is 2.29. The Morgan fingerprint density at radius 2 is 2.17 bits per heavy atom. The Bertz CT molecular complexity index is 68.0. The lowest BCUT2D eigenvalue weighted by molar-refractivity contribution is 0.721. The zero-order chi connectivity index (χ0) is 4.57. The third-order valence-corrected chi connectivity index (χ3v) is 3.12. The van der Waals surface area contributed by atoms with Crippen LogP contribution in [0, 0.1) is 5.92 Å². The molecule has 0 saturated carbocycles. The highest BCUT2D eigenvalue weighted by molar-refractivity contribution is 8.15. The van der Waals surface area contributed by atoms with Gasteiger partial charge in [-0.25, -0.2) is 0 Å². The van der Waals surface area contributed by atoms with E-state index in [1.165, 1.54) is 11.5 Å². The van der Waals surface area contributed by atoms with E-state index in [9.17, 15) is 0 Å². The van der Waals surface area contributed by atoms with Gasteiger partial charge in [0.25, 0.3) is 0 Å². The van der Waals surface area contributed by atoms with Crippen molar-refractivity contribution in [2.24, 2.45) is 5.92 Å². The molecule has 0 atom stereocenters. The zero-order valence-electron chi connectivity index (χ0n) is 4.11. The molecule has 36 valence electrons. The van der Waals surface area contributed by atoms with Crippen molar-refractivity contribution in [3.8, 4) is 0 Å². The van der Waals surface area contributed by atoms with E-state index < -0.39 is 0 Å². The van der Waals surface area contributed by atoms with Gasteiger partial charge in [-0.1, -0.05) is 12.8 Å². The average Bonchev–Trinajstić information content (AvgIpc) is 1.33. The Balaban J connectivity index is 2.28. The fourth-order valence-electron chi connectivity index (χ4n) is 0.756. The van der Waals surface area contributed by atoms with Crippen molar-refractivity contribution in [3.63, 3.8) is 0 Å². The molecular weight excluding hydrogens is 92.1 g/mol. The van der Waals surface area contributed by atoms with Crippen LogP contribution in [0.15, 0.2) is 0 Å². The summed E-state index contributed by atoms with van der Waals surface area (Å²) in [7, 11) is 0.578. The van der Waals surface area contributed by atoms with E-state index in [2.05, 4.69) is 12.8 Å². The molecule has 1 aliphatic heterocycles. The topological polar surface area (TPSA) is 0 Å². The van der Waals surface area contributed by atoms with Gasteiger partial charge in [0.15, 0.2) is 0 Å². The highest BCUT2D eigenvalue weighted by atomic mass is 32.2. The molecule has 1 saturated heterocycles. The molecule has 0 aromatic carbocycles. The van der Waals surface area contributed by atoms with Gasteiger partial charge in [0.05, 0.1) is 0 Å². The summed E-state index contributed by atoms with van der Waals surface area (Å²) in [6.07, 6.45) is 0.